The van der Waals surface area contributed by atoms with E-state index in [-0.39, 0.29) is 0 Å². The number of rotatable bonds is 5. The van der Waals surface area contributed by atoms with E-state index in [1.165, 1.54) is 0 Å². The van der Waals surface area contributed by atoms with E-state index in [0.29, 0.717) is 11.3 Å². The molecule has 1 rings (SSSR count). The molecule has 0 spiro atoms. The van der Waals surface area contributed by atoms with E-state index in [1.54, 1.807) is 39.8 Å². The van der Waals surface area contributed by atoms with E-state index in [0.717, 1.165) is 5.56 Å². The van der Waals surface area contributed by atoms with Crippen molar-refractivity contribution in [1.29, 1.82) is 0 Å². The van der Waals surface area contributed by atoms with E-state index in [1.807, 2.05) is 19.1 Å². The standard InChI is InChI=1S/C16H24O4S/c1-6-13(17)14(15(18)20-16(3,4)5)21(19)12-9-7-11(2)8-10-12/h7-10,13-14,17H,6H2,1-5H3/t13-,14+,21?/m1/s1. The van der Waals surface area contributed by atoms with Crippen molar-refractivity contribution in [2.75, 3.05) is 0 Å². The van der Waals surface area contributed by atoms with Crippen LogP contribution in [0.4, 0.5) is 0 Å². The molecule has 0 aliphatic heterocycles. The van der Waals surface area contributed by atoms with E-state index < -0.39 is 33.7 Å². The van der Waals surface area contributed by atoms with E-state index >= 15 is 0 Å². The molecule has 0 amide bonds. The van der Waals surface area contributed by atoms with Crippen LogP contribution in [0.1, 0.15) is 39.7 Å². The largest absolute Gasteiger partial charge is 0.459 e. The molecule has 1 unspecified atom stereocenters. The van der Waals surface area contributed by atoms with Crippen molar-refractivity contribution in [3.05, 3.63) is 29.8 Å². The summed E-state index contributed by atoms with van der Waals surface area (Å²) in [6.07, 6.45) is -0.663. The number of ether oxygens (including phenoxy) is 1. The summed E-state index contributed by atoms with van der Waals surface area (Å²) in [5.41, 5.74) is 0.362. The Labute approximate surface area is 129 Å². The fraction of sp³-hybridized carbons (Fsp3) is 0.562. The average Bonchev–Trinajstić information content (AvgIpc) is 2.37. The fourth-order valence-electron chi connectivity index (χ4n) is 1.78. The maximum atomic E-state index is 12.6. The lowest BCUT2D eigenvalue weighted by molar-refractivity contribution is -0.156. The minimum Gasteiger partial charge on any atom is -0.459 e. The smallest absolute Gasteiger partial charge is 0.325 e. The number of aliphatic hydroxyl groups is 1. The van der Waals surface area contributed by atoms with Crippen LogP contribution in [0.3, 0.4) is 0 Å². The van der Waals surface area contributed by atoms with Crippen molar-refractivity contribution in [3.63, 3.8) is 0 Å². The highest BCUT2D eigenvalue weighted by Crippen LogP contribution is 2.20. The predicted molar refractivity (Wildman–Crippen MR) is 83.5 cm³/mol. The molecule has 5 heteroatoms. The summed E-state index contributed by atoms with van der Waals surface area (Å²) in [4.78, 5) is 12.8. The third-order valence-electron chi connectivity index (χ3n) is 2.89. The molecule has 0 aliphatic rings. The summed E-state index contributed by atoms with van der Waals surface area (Å²) in [6.45, 7) is 8.91. The zero-order chi connectivity index (χ0) is 16.2. The molecule has 1 aromatic carbocycles. The summed E-state index contributed by atoms with van der Waals surface area (Å²) in [7, 11) is -1.65. The van der Waals surface area contributed by atoms with E-state index in [9.17, 15) is 14.1 Å². The van der Waals surface area contributed by atoms with Gasteiger partial charge in [0, 0.05) is 4.90 Å². The minimum absolute atomic E-state index is 0.335. The highest BCUT2D eigenvalue weighted by molar-refractivity contribution is 7.86. The van der Waals surface area contributed by atoms with Crippen molar-refractivity contribution in [2.24, 2.45) is 0 Å². The lowest BCUT2D eigenvalue weighted by Crippen LogP contribution is -2.42. The van der Waals surface area contributed by atoms with Gasteiger partial charge in [0.2, 0.25) is 0 Å². The maximum Gasteiger partial charge on any atom is 0.325 e. The Morgan fingerprint density at radius 2 is 1.81 bits per heavy atom. The van der Waals surface area contributed by atoms with Crippen LogP contribution in [-0.2, 0) is 20.3 Å². The zero-order valence-electron chi connectivity index (χ0n) is 13.3. The molecule has 21 heavy (non-hydrogen) atoms. The zero-order valence-corrected chi connectivity index (χ0v) is 14.1. The second-order valence-corrected chi connectivity index (χ2v) is 7.61. The van der Waals surface area contributed by atoms with E-state index in [4.69, 9.17) is 4.74 Å². The molecule has 118 valence electrons. The molecule has 0 fully saturated rings. The first-order valence-corrected chi connectivity index (χ1v) is 8.25. The molecule has 0 radical (unpaired) electrons. The molecule has 0 saturated heterocycles. The van der Waals surface area contributed by atoms with Crippen molar-refractivity contribution in [3.8, 4) is 0 Å². The maximum absolute atomic E-state index is 12.6. The van der Waals surface area contributed by atoms with Crippen LogP contribution in [0.15, 0.2) is 29.2 Å². The van der Waals surface area contributed by atoms with Gasteiger partial charge < -0.3 is 9.84 Å². The Bertz CT molecular complexity index is 502. The van der Waals surface area contributed by atoms with Crippen molar-refractivity contribution < 1.29 is 18.8 Å². The Hall–Kier alpha value is -1.20. The quantitative estimate of drug-likeness (QED) is 0.849. The first-order valence-electron chi connectivity index (χ1n) is 7.04. The lowest BCUT2D eigenvalue weighted by Gasteiger charge is -2.25. The van der Waals surface area contributed by atoms with Crippen LogP contribution < -0.4 is 0 Å². The third kappa shape index (κ3) is 5.25. The first-order chi connectivity index (χ1) is 9.65. The molecule has 0 aliphatic carbocycles. The Morgan fingerprint density at radius 1 is 1.29 bits per heavy atom. The number of hydrogen-bond donors (Lipinski definition) is 1. The molecular weight excluding hydrogens is 288 g/mol. The molecule has 1 N–H and O–H groups in total. The predicted octanol–water partition coefficient (Wildman–Crippen LogP) is 2.58. The van der Waals surface area contributed by atoms with Crippen LogP contribution in [0.5, 0.6) is 0 Å². The van der Waals surface area contributed by atoms with Crippen LogP contribution >= 0.6 is 0 Å². The van der Waals surface area contributed by atoms with Gasteiger partial charge in [-0.1, -0.05) is 24.6 Å². The summed E-state index contributed by atoms with van der Waals surface area (Å²) in [5.74, 6) is -0.629. The van der Waals surface area contributed by atoms with Crippen LogP contribution in [-0.4, -0.2) is 32.2 Å². The van der Waals surface area contributed by atoms with Gasteiger partial charge in [0.05, 0.1) is 16.9 Å². The lowest BCUT2D eigenvalue weighted by atomic mass is 10.1. The SMILES string of the molecule is CC[C@@H](O)[C@@H](C(=O)OC(C)(C)C)S(=O)c1ccc(C)cc1. The summed E-state index contributed by atoms with van der Waals surface area (Å²) >= 11 is 0. The molecule has 3 atom stereocenters. The van der Waals surface area contributed by atoms with E-state index in [2.05, 4.69) is 0 Å². The number of hydrogen-bond acceptors (Lipinski definition) is 4. The summed E-state index contributed by atoms with van der Waals surface area (Å²) in [6, 6.07) is 7.09. The third-order valence-corrected chi connectivity index (χ3v) is 4.60. The highest BCUT2D eigenvalue weighted by atomic mass is 32.2. The number of esters is 1. The molecule has 0 heterocycles. The number of carbonyl (C=O) groups excluding carboxylic acids is 1. The monoisotopic (exact) mass is 312 g/mol. The van der Waals surface area contributed by atoms with Gasteiger partial charge in [-0.2, -0.15) is 0 Å². The summed E-state index contributed by atoms with van der Waals surface area (Å²) in [5, 5.41) is 9.01. The van der Waals surface area contributed by atoms with Crippen LogP contribution in [0.2, 0.25) is 0 Å². The van der Waals surface area contributed by atoms with Gasteiger partial charge in [0.25, 0.3) is 0 Å². The van der Waals surface area contributed by atoms with Crippen molar-refractivity contribution in [2.45, 2.75) is 62.9 Å². The number of carbonyl (C=O) groups is 1. The van der Waals surface area contributed by atoms with Crippen LogP contribution in [0.25, 0.3) is 0 Å². The van der Waals surface area contributed by atoms with Gasteiger partial charge in [-0.05, 0) is 46.2 Å². The second-order valence-electron chi connectivity index (χ2n) is 6.04. The van der Waals surface area contributed by atoms with Crippen LogP contribution in [0, 0.1) is 6.92 Å². The van der Waals surface area contributed by atoms with Gasteiger partial charge in [0.15, 0.2) is 5.25 Å². The van der Waals surface area contributed by atoms with Gasteiger partial charge in [-0.25, -0.2) is 0 Å². The number of benzene rings is 1. The Morgan fingerprint density at radius 3 is 2.24 bits per heavy atom. The summed E-state index contributed by atoms with van der Waals surface area (Å²) < 4.78 is 17.9. The second kappa shape index (κ2) is 7.18. The van der Waals surface area contributed by atoms with Gasteiger partial charge >= 0.3 is 5.97 Å². The van der Waals surface area contributed by atoms with Crippen molar-refractivity contribution >= 4 is 16.8 Å². The topological polar surface area (TPSA) is 63.6 Å². The minimum atomic E-state index is -1.65. The average molecular weight is 312 g/mol. The number of aryl methyl sites for hydroxylation is 1. The molecule has 0 aromatic heterocycles. The molecule has 1 aromatic rings. The first kappa shape index (κ1) is 17.9. The van der Waals surface area contributed by atoms with Crippen molar-refractivity contribution in [1.82, 2.24) is 0 Å². The fourth-order valence-corrected chi connectivity index (χ4v) is 3.18. The number of aliphatic hydroxyl groups excluding tert-OH is 1. The van der Waals surface area contributed by atoms with Gasteiger partial charge in [-0.3, -0.25) is 9.00 Å². The normalized spacial score (nSPS) is 16.1. The molecular formula is C16H24O4S. The van der Waals surface area contributed by atoms with Gasteiger partial charge in [0.1, 0.15) is 5.60 Å². The molecule has 4 nitrogen and oxygen atoms in total. The molecule has 0 saturated carbocycles. The highest BCUT2D eigenvalue weighted by Gasteiger charge is 2.36. The molecule has 0 bridgehead atoms. The Balaban J connectivity index is 3.05. The Kier molecular flexibility index (Phi) is 6.10. The van der Waals surface area contributed by atoms with Gasteiger partial charge in [-0.15, -0.1) is 0 Å².